The van der Waals surface area contributed by atoms with Gasteiger partial charge in [0.25, 0.3) is 0 Å². The van der Waals surface area contributed by atoms with Crippen LogP contribution in [0, 0.1) is 13.8 Å². The molecule has 0 aliphatic carbocycles. The minimum atomic E-state index is -0.251. The monoisotopic (exact) mass is 488 g/mol. The first-order valence-electron chi connectivity index (χ1n) is 10.7. The van der Waals surface area contributed by atoms with Gasteiger partial charge in [0.05, 0.1) is 12.2 Å². The number of anilines is 1. The third kappa shape index (κ3) is 4.90. The molecule has 0 saturated carbocycles. The molecule has 11 heteroatoms. The summed E-state index contributed by atoms with van der Waals surface area (Å²) in [4.78, 5) is 26.2. The lowest BCUT2D eigenvalue weighted by atomic mass is 10.1. The molecule has 0 aliphatic rings. The molecule has 33 heavy (non-hydrogen) atoms. The minimum absolute atomic E-state index is 0.00755. The Bertz CT molecular complexity index is 1330. The molecule has 0 fully saturated rings. The van der Waals surface area contributed by atoms with Crippen LogP contribution in [0.5, 0.6) is 0 Å². The molecule has 0 saturated heterocycles. The summed E-state index contributed by atoms with van der Waals surface area (Å²) in [5, 5.41) is 4.16. The van der Waals surface area contributed by atoms with Gasteiger partial charge < -0.3 is 15.6 Å². The van der Waals surface area contributed by atoms with Crippen molar-refractivity contribution in [2.75, 3.05) is 18.8 Å². The Labute approximate surface area is 201 Å². The summed E-state index contributed by atoms with van der Waals surface area (Å²) in [6, 6.07) is 4.02. The van der Waals surface area contributed by atoms with Crippen molar-refractivity contribution in [2.45, 2.75) is 39.9 Å². The summed E-state index contributed by atoms with van der Waals surface area (Å²) in [5.74, 6) is 0.00755. The van der Waals surface area contributed by atoms with Gasteiger partial charge in [-0.1, -0.05) is 23.2 Å². The van der Waals surface area contributed by atoms with Crippen LogP contribution in [0.1, 0.15) is 23.2 Å². The number of nitrogens with two attached hydrogens (primary N) is 1. The molecule has 0 amide bonds. The molecule has 4 heterocycles. The van der Waals surface area contributed by atoms with Crippen LogP contribution in [-0.2, 0) is 19.6 Å². The second-order valence-corrected chi connectivity index (χ2v) is 8.65. The Hall–Kier alpha value is -2.88. The maximum Gasteiger partial charge on any atom is 0.330 e. The zero-order valence-corrected chi connectivity index (χ0v) is 20.1. The zero-order valence-electron chi connectivity index (χ0n) is 18.6. The third-order valence-corrected chi connectivity index (χ3v) is 6.45. The largest absolute Gasteiger partial charge is 0.368 e. The van der Waals surface area contributed by atoms with E-state index in [2.05, 4.69) is 24.8 Å². The lowest BCUT2D eigenvalue weighted by Crippen LogP contribution is -2.30. The molecular formula is C22H26Cl2N8O. The van der Waals surface area contributed by atoms with E-state index in [1.165, 1.54) is 4.57 Å². The topological polar surface area (TPSA) is 109 Å². The van der Waals surface area contributed by atoms with E-state index in [1.54, 1.807) is 10.8 Å². The number of fused-ring (bicyclic) bond motifs is 1. The van der Waals surface area contributed by atoms with E-state index in [1.807, 2.05) is 38.4 Å². The predicted molar refractivity (Wildman–Crippen MR) is 131 cm³/mol. The van der Waals surface area contributed by atoms with Crippen molar-refractivity contribution in [3.63, 3.8) is 0 Å². The molecule has 4 aromatic rings. The van der Waals surface area contributed by atoms with E-state index in [-0.39, 0.29) is 23.3 Å². The van der Waals surface area contributed by atoms with Gasteiger partial charge in [0.15, 0.2) is 10.8 Å². The van der Waals surface area contributed by atoms with Crippen LogP contribution in [-0.4, -0.2) is 41.7 Å². The average molecular weight is 489 g/mol. The maximum absolute atomic E-state index is 13.4. The SMILES string of the molecule is Cc1cnc(Cn2c(=O)n(CCNCCCn3cccc3)c3c(Cl)nc(N)nc32)c(C)c1Cl. The van der Waals surface area contributed by atoms with Crippen LogP contribution >= 0.6 is 23.2 Å². The summed E-state index contributed by atoms with van der Waals surface area (Å²) in [6.07, 6.45) is 6.76. The molecule has 0 aromatic carbocycles. The summed E-state index contributed by atoms with van der Waals surface area (Å²) in [7, 11) is 0. The number of pyridine rings is 1. The highest BCUT2D eigenvalue weighted by Gasteiger charge is 2.20. The number of aryl methyl sites for hydroxylation is 2. The number of halogens is 2. The molecule has 3 N–H and O–H groups in total. The maximum atomic E-state index is 13.4. The number of aromatic nitrogens is 6. The Morgan fingerprint density at radius 2 is 1.82 bits per heavy atom. The molecule has 0 unspecified atom stereocenters. The Balaban J connectivity index is 1.56. The lowest BCUT2D eigenvalue weighted by molar-refractivity contribution is 0.545. The Morgan fingerprint density at radius 3 is 2.58 bits per heavy atom. The molecule has 4 aromatic heterocycles. The summed E-state index contributed by atoms with van der Waals surface area (Å²) in [5.41, 5.74) is 8.80. The second-order valence-electron chi connectivity index (χ2n) is 7.92. The molecule has 0 spiro atoms. The third-order valence-electron chi connectivity index (χ3n) is 5.61. The number of nitrogen functional groups attached to an aromatic ring is 1. The average Bonchev–Trinajstić information content (AvgIpc) is 3.38. The number of imidazole rings is 1. The molecule has 4 rings (SSSR count). The number of hydrogen-bond acceptors (Lipinski definition) is 6. The summed E-state index contributed by atoms with van der Waals surface area (Å²) < 4.78 is 5.24. The first-order chi connectivity index (χ1) is 15.9. The molecule has 0 aliphatic heterocycles. The minimum Gasteiger partial charge on any atom is -0.368 e. The second kappa shape index (κ2) is 9.94. The van der Waals surface area contributed by atoms with Crippen LogP contribution in [0.25, 0.3) is 11.2 Å². The first kappa shape index (κ1) is 23.3. The number of hydrogen-bond donors (Lipinski definition) is 2. The smallest absolute Gasteiger partial charge is 0.330 e. The van der Waals surface area contributed by atoms with Gasteiger partial charge in [0.1, 0.15) is 5.52 Å². The quantitative estimate of drug-likeness (QED) is 0.276. The van der Waals surface area contributed by atoms with E-state index in [9.17, 15) is 4.79 Å². The Morgan fingerprint density at radius 1 is 1.06 bits per heavy atom. The molecule has 0 atom stereocenters. The van der Waals surface area contributed by atoms with Gasteiger partial charge in [-0.25, -0.2) is 4.79 Å². The van der Waals surface area contributed by atoms with Gasteiger partial charge >= 0.3 is 5.69 Å². The zero-order chi connectivity index (χ0) is 23.5. The van der Waals surface area contributed by atoms with Crippen LogP contribution in [0.15, 0.2) is 35.5 Å². The summed E-state index contributed by atoms with van der Waals surface area (Å²) in [6.45, 7) is 6.75. The molecular weight excluding hydrogens is 463 g/mol. The van der Waals surface area contributed by atoms with Crippen LogP contribution < -0.4 is 16.7 Å². The fourth-order valence-corrected chi connectivity index (χ4v) is 4.25. The highest BCUT2D eigenvalue weighted by molar-refractivity contribution is 6.33. The van der Waals surface area contributed by atoms with E-state index >= 15 is 0 Å². The van der Waals surface area contributed by atoms with Gasteiger partial charge in [0.2, 0.25) is 5.95 Å². The van der Waals surface area contributed by atoms with Gasteiger partial charge in [-0.05, 0) is 50.1 Å². The van der Waals surface area contributed by atoms with Crippen molar-refractivity contribution >= 4 is 40.3 Å². The standard InChI is InChI=1S/C22H26Cl2N8O/c1-14-12-27-16(15(2)17(14)23)13-32-20-18(19(24)28-21(25)29-20)31(22(32)33)11-7-26-6-5-10-30-8-3-4-9-30/h3-4,8-9,12,26H,5-7,10-11,13H2,1-2H3,(H2,25,28,29). The predicted octanol–water partition coefficient (Wildman–Crippen LogP) is 3.02. The van der Waals surface area contributed by atoms with Crippen molar-refractivity contribution < 1.29 is 0 Å². The van der Waals surface area contributed by atoms with E-state index in [0.29, 0.717) is 35.0 Å². The molecule has 0 bridgehead atoms. The van der Waals surface area contributed by atoms with Crippen molar-refractivity contribution in [3.8, 4) is 0 Å². The number of nitrogens with one attached hydrogen (secondary N) is 1. The highest BCUT2D eigenvalue weighted by atomic mass is 35.5. The normalized spacial score (nSPS) is 11.5. The van der Waals surface area contributed by atoms with Crippen LogP contribution in [0.4, 0.5) is 5.95 Å². The highest BCUT2D eigenvalue weighted by Crippen LogP contribution is 2.24. The summed E-state index contributed by atoms with van der Waals surface area (Å²) >= 11 is 12.8. The molecule has 174 valence electrons. The van der Waals surface area contributed by atoms with Gasteiger partial charge in [-0.15, -0.1) is 0 Å². The van der Waals surface area contributed by atoms with Gasteiger partial charge in [-0.3, -0.25) is 14.1 Å². The molecule has 0 radical (unpaired) electrons. The van der Waals surface area contributed by atoms with E-state index in [0.717, 1.165) is 30.6 Å². The van der Waals surface area contributed by atoms with E-state index in [4.69, 9.17) is 28.9 Å². The van der Waals surface area contributed by atoms with Crippen molar-refractivity contribution in [1.82, 2.24) is 34.0 Å². The first-order valence-corrected chi connectivity index (χ1v) is 11.5. The number of nitrogens with zero attached hydrogens (tertiary/aromatic N) is 6. The van der Waals surface area contributed by atoms with Crippen LogP contribution in [0.3, 0.4) is 0 Å². The van der Waals surface area contributed by atoms with Crippen molar-refractivity contribution in [2.24, 2.45) is 0 Å². The number of rotatable bonds is 9. The van der Waals surface area contributed by atoms with E-state index < -0.39 is 0 Å². The lowest BCUT2D eigenvalue weighted by Gasteiger charge is -2.09. The van der Waals surface area contributed by atoms with Crippen molar-refractivity contribution in [1.29, 1.82) is 0 Å². The fraction of sp³-hybridized carbons (Fsp3) is 0.364. The van der Waals surface area contributed by atoms with Crippen LogP contribution in [0.2, 0.25) is 10.2 Å². The fourth-order valence-electron chi connectivity index (χ4n) is 3.82. The van der Waals surface area contributed by atoms with Gasteiger partial charge in [0, 0.05) is 43.2 Å². The van der Waals surface area contributed by atoms with Gasteiger partial charge in [-0.2, -0.15) is 9.97 Å². The molecule has 9 nitrogen and oxygen atoms in total. The Kier molecular flexibility index (Phi) is 7.02. The van der Waals surface area contributed by atoms with Crippen molar-refractivity contribution in [3.05, 3.63) is 68.2 Å².